The molecule has 0 aromatic carbocycles. The average Bonchev–Trinajstić information content (AvgIpc) is 2.63. The topological polar surface area (TPSA) is 43.8 Å². The van der Waals surface area contributed by atoms with Gasteiger partial charge in [0, 0.05) is 18.8 Å². The molecule has 3 nitrogen and oxygen atoms in total. The first-order valence-electron chi connectivity index (χ1n) is 5.91. The minimum atomic E-state index is 0.596. The lowest BCUT2D eigenvalue weighted by atomic mass is 9.80. The molecule has 1 aliphatic carbocycles. The van der Waals surface area contributed by atoms with E-state index in [1.54, 1.807) is 0 Å². The third-order valence-electron chi connectivity index (χ3n) is 3.50. The van der Waals surface area contributed by atoms with E-state index in [2.05, 4.69) is 23.4 Å². The maximum Gasteiger partial charge on any atom is 0.0951 e. The molecule has 0 amide bonds. The van der Waals surface area contributed by atoms with Crippen LogP contribution >= 0.6 is 0 Å². The van der Waals surface area contributed by atoms with Gasteiger partial charge in [0.2, 0.25) is 0 Å². The second kappa shape index (κ2) is 4.35. The molecule has 2 unspecified atom stereocenters. The van der Waals surface area contributed by atoms with Crippen molar-refractivity contribution < 1.29 is 0 Å². The van der Waals surface area contributed by atoms with Gasteiger partial charge in [-0.15, -0.1) is 0 Å². The van der Waals surface area contributed by atoms with Gasteiger partial charge in [-0.05, 0) is 31.1 Å². The zero-order chi connectivity index (χ0) is 10.8. The Hall–Kier alpha value is -0.830. The Morgan fingerprint density at radius 1 is 1.33 bits per heavy atom. The third kappa shape index (κ3) is 2.23. The molecule has 2 rings (SSSR count). The molecule has 0 radical (unpaired) electrons. The van der Waals surface area contributed by atoms with E-state index < -0.39 is 0 Å². The normalized spacial score (nSPS) is 31.8. The summed E-state index contributed by atoms with van der Waals surface area (Å²) >= 11 is 0. The van der Waals surface area contributed by atoms with Crippen molar-refractivity contribution in [1.82, 2.24) is 9.55 Å². The van der Waals surface area contributed by atoms with E-state index in [-0.39, 0.29) is 0 Å². The number of nitrogens with two attached hydrogens (primary N) is 1. The number of hydrogen-bond acceptors (Lipinski definition) is 2. The van der Waals surface area contributed by atoms with Crippen molar-refractivity contribution in [3.8, 4) is 0 Å². The van der Waals surface area contributed by atoms with Crippen LogP contribution in [0, 0.1) is 11.8 Å². The molecule has 0 bridgehead atoms. The lowest BCUT2D eigenvalue weighted by Crippen LogP contribution is -2.24. The fourth-order valence-corrected chi connectivity index (χ4v) is 2.95. The lowest BCUT2D eigenvalue weighted by molar-refractivity contribution is 0.218. The maximum absolute atomic E-state index is 5.71. The van der Waals surface area contributed by atoms with Crippen LogP contribution in [-0.4, -0.2) is 9.55 Å². The van der Waals surface area contributed by atoms with Crippen LogP contribution in [0.3, 0.4) is 0 Å². The lowest BCUT2D eigenvalue weighted by Gasteiger charge is -2.33. The molecule has 1 aromatic rings. The fraction of sp³-hybridized carbons (Fsp3) is 0.750. The van der Waals surface area contributed by atoms with E-state index in [1.807, 2.05) is 12.5 Å². The molecular weight excluding hydrogens is 186 g/mol. The summed E-state index contributed by atoms with van der Waals surface area (Å²) in [4.78, 5) is 4.20. The van der Waals surface area contributed by atoms with Crippen LogP contribution in [0.15, 0.2) is 12.5 Å². The maximum atomic E-state index is 5.71. The van der Waals surface area contributed by atoms with Crippen molar-refractivity contribution >= 4 is 0 Å². The zero-order valence-electron chi connectivity index (χ0n) is 9.69. The smallest absolute Gasteiger partial charge is 0.0951 e. The molecule has 2 N–H and O–H groups in total. The number of nitrogens with zero attached hydrogens (tertiary/aromatic N) is 2. The summed E-state index contributed by atoms with van der Waals surface area (Å²) in [6, 6.07) is 0.616. The Kier molecular flexibility index (Phi) is 3.10. The van der Waals surface area contributed by atoms with Crippen LogP contribution in [0.1, 0.15) is 44.8 Å². The molecule has 84 valence electrons. The van der Waals surface area contributed by atoms with Gasteiger partial charge in [0.25, 0.3) is 0 Å². The number of imidazole rings is 1. The first-order chi connectivity index (χ1) is 7.20. The van der Waals surface area contributed by atoms with Crippen LogP contribution in [0.25, 0.3) is 0 Å². The number of aromatic nitrogens is 2. The number of hydrogen-bond donors (Lipinski definition) is 1. The van der Waals surface area contributed by atoms with Gasteiger partial charge < -0.3 is 10.3 Å². The Balaban J connectivity index is 2.16. The highest BCUT2D eigenvalue weighted by atomic mass is 15.1. The van der Waals surface area contributed by atoms with Gasteiger partial charge in [-0.25, -0.2) is 4.98 Å². The van der Waals surface area contributed by atoms with E-state index in [0.29, 0.717) is 12.6 Å². The van der Waals surface area contributed by atoms with Crippen molar-refractivity contribution in [2.24, 2.45) is 17.6 Å². The second-order valence-electron chi connectivity index (χ2n) is 5.07. The summed E-state index contributed by atoms with van der Waals surface area (Å²) < 4.78 is 2.28. The van der Waals surface area contributed by atoms with Gasteiger partial charge in [0.1, 0.15) is 0 Å². The summed E-state index contributed by atoms with van der Waals surface area (Å²) in [5.74, 6) is 1.65. The quantitative estimate of drug-likeness (QED) is 0.809. The molecule has 2 atom stereocenters. The molecule has 1 aliphatic rings. The molecule has 3 heteroatoms. The van der Waals surface area contributed by atoms with E-state index in [1.165, 1.54) is 25.0 Å². The van der Waals surface area contributed by atoms with E-state index >= 15 is 0 Å². The third-order valence-corrected chi connectivity index (χ3v) is 3.50. The summed E-state index contributed by atoms with van der Waals surface area (Å²) in [6.07, 6.45) is 7.74. The minimum Gasteiger partial charge on any atom is -0.330 e. The van der Waals surface area contributed by atoms with Crippen molar-refractivity contribution in [2.45, 2.75) is 45.7 Å². The molecule has 0 aliphatic heterocycles. The largest absolute Gasteiger partial charge is 0.330 e. The van der Waals surface area contributed by atoms with Gasteiger partial charge >= 0.3 is 0 Å². The van der Waals surface area contributed by atoms with Crippen molar-refractivity contribution in [1.29, 1.82) is 0 Å². The van der Waals surface area contributed by atoms with Crippen molar-refractivity contribution in [3.63, 3.8) is 0 Å². The van der Waals surface area contributed by atoms with Crippen LogP contribution in [-0.2, 0) is 6.54 Å². The SMILES string of the molecule is CC1CC(C)CC(n2cncc2CN)C1. The van der Waals surface area contributed by atoms with Crippen LogP contribution in [0.4, 0.5) is 0 Å². The summed E-state index contributed by atoms with van der Waals surface area (Å²) in [5.41, 5.74) is 6.88. The predicted octanol–water partition coefficient (Wildman–Crippen LogP) is 2.34. The highest BCUT2D eigenvalue weighted by Gasteiger charge is 2.25. The van der Waals surface area contributed by atoms with Crippen LogP contribution in [0.2, 0.25) is 0 Å². The van der Waals surface area contributed by atoms with Crippen molar-refractivity contribution in [2.75, 3.05) is 0 Å². The standard InChI is InChI=1S/C12H21N3/c1-9-3-10(2)5-11(4-9)15-8-14-7-12(15)6-13/h7-11H,3-6,13H2,1-2H3. The van der Waals surface area contributed by atoms with Gasteiger partial charge in [-0.1, -0.05) is 13.8 Å². The molecular formula is C12H21N3. The Morgan fingerprint density at radius 2 is 2.00 bits per heavy atom. The molecule has 1 saturated carbocycles. The first-order valence-corrected chi connectivity index (χ1v) is 5.91. The summed E-state index contributed by atoms with van der Waals surface area (Å²) in [6.45, 7) is 5.29. The highest BCUT2D eigenvalue weighted by molar-refractivity contribution is 5.00. The monoisotopic (exact) mass is 207 g/mol. The number of rotatable bonds is 2. The van der Waals surface area contributed by atoms with Crippen molar-refractivity contribution in [3.05, 3.63) is 18.2 Å². The van der Waals surface area contributed by atoms with Crippen LogP contribution < -0.4 is 5.73 Å². The predicted molar refractivity (Wildman–Crippen MR) is 61.3 cm³/mol. The molecule has 0 spiro atoms. The van der Waals surface area contributed by atoms with E-state index in [9.17, 15) is 0 Å². The fourth-order valence-electron chi connectivity index (χ4n) is 2.95. The first kappa shape index (κ1) is 10.7. The molecule has 1 fully saturated rings. The minimum absolute atomic E-state index is 0.596. The summed E-state index contributed by atoms with van der Waals surface area (Å²) in [7, 11) is 0. The van der Waals surface area contributed by atoms with Crippen LogP contribution in [0.5, 0.6) is 0 Å². The average molecular weight is 207 g/mol. The highest BCUT2D eigenvalue weighted by Crippen LogP contribution is 2.36. The molecule has 1 aromatic heterocycles. The Labute approximate surface area is 91.7 Å². The molecule has 1 heterocycles. The van der Waals surface area contributed by atoms with E-state index in [0.717, 1.165) is 11.8 Å². The summed E-state index contributed by atoms with van der Waals surface area (Å²) in [5, 5.41) is 0. The van der Waals surface area contributed by atoms with Gasteiger partial charge in [-0.2, -0.15) is 0 Å². The molecule has 0 saturated heterocycles. The zero-order valence-corrected chi connectivity index (χ0v) is 9.69. The second-order valence-corrected chi connectivity index (χ2v) is 5.07. The molecule has 15 heavy (non-hydrogen) atoms. The van der Waals surface area contributed by atoms with Gasteiger partial charge in [0.15, 0.2) is 0 Å². The van der Waals surface area contributed by atoms with Gasteiger partial charge in [-0.3, -0.25) is 0 Å². The van der Waals surface area contributed by atoms with Gasteiger partial charge in [0.05, 0.1) is 12.0 Å². The van der Waals surface area contributed by atoms with E-state index in [4.69, 9.17) is 5.73 Å². The Bertz CT molecular complexity index is 308. The Morgan fingerprint density at radius 3 is 2.60 bits per heavy atom.